The van der Waals surface area contributed by atoms with E-state index in [4.69, 9.17) is 18.9 Å². The fraction of sp³-hybridized carbons (Fsp3) is 0.950. The lowest BCUT2D eigenvalue weighted by Crippen LogP contribution is -2.59. The Labute approximate surface area is 304 Å². The molecule has 1 aliphatic rings. The molecule has 0 bridgehead atoms. The van der Waals surface area contributed by atoms with E-state index < -0.39 is 49.4 Å². The average Bonchev–Trinajstić information content (AvgIpc) is 3.11. The summed E-state index contributed by atoms with van der Waals surface area (Å²) in [5.41, 5.74) is 0. The highest BCUT2D eigenvalue weighted by molar-refractivity contribution is 5.70. The first kappa shape index (κ1) is 46.7. The predicted molar refractivity (Wildman–Crippen MR) is 197 cm³/mol. The van der Waals surface area contributed by atoms with Gasteiger partial charge in [0.25, 0.3) is 0 Å². The summed E-state index contributed by atoms with van der Waals surface area (Å²) in [6, 6.07) is 0. The summed E-state index contributed by atoms with van der Waals surface area (Å²) in [4.78, 5) is 25.2. The first-order valence-corrected chi connectivity index (χ1v) is 20.6. The molecule has 1 heterocycles. The number of rotatable bonds is 34. The molecule has 0 saturated carbocycles. The largest absolute Gasteiger partial charge is 0.462 e. The number of aliphatic hydroxyl groups is 4. The molecule has 0 aromatic rings. The lowest BCUT2D eigenvalue weighted by atomic mass is 9.99. The summed E-state index contributed by atoms with van der Waals surface area (Å²) in [6.45, 7) is 3.42. The van der Waals surface area contributed by atoms with Gasteiger partial charge >= 0.3 is 11.9 Å². The second kappa shape index (κ2) is 32.4. The number of esters is 2. The van der Waals surface area contributed by atoms with Gasteiger partial charge in [-0.3, -0.25) is 9.59 Å². The maximum Gasteiger partial charge on any atom is 0.306 e. The molecular formula is C40H76O10. The predicted octanol–water partition coefficient (Wildman–Crippen LogP) is 7.83. The van der Waals surface area contributed by atoms with E-state index in [0.717, 1.165) is 38.5 Å². The van der Waals surface area contributed by atoms with Crippen LogP contribution in [0.15, 0.2) is 0 Å². The molecule has 1 aliphatic heterocycles. The highest BCUT2D eigenvalue weighted by Gasteiger charge is 2.44. The van der Waals surface area contributed by atoms with E-state index >= 15 is 0 Å². The van der Waals surface area contributed by atoms with Crippen molar-refractivity contribution in [2.75, 3.05) is 19.8 Å². The van der Waals surface area contributed by atoms with Crippen LogP contribution in [0.5, 0.6) is 0 Å². The molecule has 6 atom stereocenters. The number of hydrogen-bond donors (Lipinski definition) is 4. The van der Waals surface area contributed by atoms with E-state index in [1.807, 2.05) is 0 Å². The zero-order valence-electron chi connectivity index (χ0n) is 31.9. The van der Waals surface area contributed by atoms with E-state index in [1.165, 1.54) is 116 Å². The first-order valence-electron chi connectivity index (χ1n) is 20.6. The summed E-state index contributed by atoms with van der Waals surface area (Å²) in [5.74, 6) is -0.797. The Bertz CT molecular complexity index is 794. The highest BCUT2D eigenvalue weighted by atomic mass is 16.7. The van der Waals surface area contributed by atoms with Crippen molar-refractivity contribution >= 4 is 11.9 Å². The monoisotopic (exact) mass is 717 g/mol. The molecule has 1 fully saturated rings. The van der Waals surface area contributed by atoms with Crippen molar-refractivity contribution in [3.63, 3.8) is 0 Å². The van der Waals surface area contributed by atoms with Gasteiger partial charge in [-0.05, 0) is 12.8 Å². The fourth-order valence-electron chi connectivity index (χ4n) is 6.42. The quantitative estimate of drug-likeness (QED) is 0.0383. The van der Waals surface area contributed by atoms with Crippen LogP contribution in [0.1, 0.15) is 187 Å². The lowest BCUT2D eigenvalue weighted by Gasteiger charge is -2.39. The molecule has 0 amide bonds. The molecule has 1 rings (SSSR count). The van der Waals surface area contributed by atoms with E-state index in [-0.39, 0.29) is 32.0 Å². The molecule has 0 unspecified atom stereocenters. The molecule has 0 aromatic heterocycles. The van der Waals surface area contributed by atoms with Gasteiger partial charge < -0.3 is 39.4 Å². The Balaban J connectivity index is 2.35. The van der Waals surface area contributed by atoms with Crippen molar-refractivity contribution in [1.82, 2.24) is 0 Å². The molecule has 10 nitrogen and oxygen atoms in total. The van der Waals surface area contributed by atoms with E-state index in [1.54, 1.807) is 0 Å². The fourth-order valence-corrected chi connectivity index (χ4v) is 6.42. The number of ether oxygens (including phenoxy) is 4. The second-order valence-electron chi connectivity index (χ2n) is 14.5. The number of carbonyl (C=O) groups is 2. The van der Waals surface area contributed by atoms with Gasteiger partial charge in [-0.1, -0.05) is 162 Å². The molecule has 4 N–H and O–H groups in total. The number of unbranched alkanes of at least 4 members (excludes halogenated alkanes) is 23. The molecule has 296 valence electrons. The number of carbonyl (C=O) groups excluding carboxylic acids is 2. The Morgan fingerprint density at radius 3 is 1.36 bits per heavy atom. The SMILES string of the molecule is CCCCCCCCCCCCCCCCCC(=O)O[C@H](COC(=O)CCCCCCCCCCCC)CO[C@@H]1O[C@H](CO)[C@H](O)[C@H](O)[C@H]1O. The van der Waals surface area contributed by atoms with Crippen molar-refractivity contribution in [3.05, 3.63) is 0 Å². The molecular weight excluding hydrogens is 640 g/mol. The molecule has 0 aliphatic carbocycles. The van der Waals surface area contributed by atoms with Crippen LogP contribution >= 0.6 is 0 Å². The smallest absolute Gasteiger partial charge is 0.306 e. The van der Waals surface area contributed by atoms with Crippen molar-refractivity contribution in [2.24, 2.45) is 0 Å². The maximum atomic E-state index is 12.7. The van der Waals surface area contributed by atoms with Gasteiger partial charge in [0, 0.05) is 12.8 Å². The van der Waals surface area contributed by atoms with Gasteiger partial charge in [-0.15, -0.1) is 0 Å². The van der Waals surface area contributed by atoms with Crippen LogP contribution < -0.4 is 0 Å². The zero-order chi connectivity index (χ0) is 36.7. The van der Waals surface area contributed by atoms with Gasteiger partial charge in [0.15, 0.2) is 12.4 Å². The first-order chi connectivity index (χ1) is 24.3. The Morgan fingerprint density at radius 1 is 0.540 bits per heavy atom. The van der Waals surface area contributed by atoms with E-state index in [9.17, 15) is 30.0 Å². The maximum absolute atomic E-state index is 12.7. The normalized spacial score (nSPS) is 21.3. The molecule has 0 radical (unpaired) electrons. The van der Waals surface area contributed by atoms with Crippen LogP contribution in [0.3, 0.4) is 0 Å². The second-order valence-corrected chi connectivity index (χ2v) is 14.5. The molecule has 0 spiro atoms. The Hall–Kier alpha value is -1.30. The van der Waals surface area contributed by atoms with Crippen molar-refractivity contribution < 1.29 is 49.0 Å². The van der Waals surface area contributed by atoms with Gasteiger partial charge in [-0.25, -0.2) is 0 Å². The van der Waals surface area contributed by atoms with E-state index in [0.29, 0.717) is 6.42 Å². The lowest BCUT2D eigenvalue weighted by molar-refractivity contribution is -0.305. The Kier molecular flexibility index (Phi) is 30.2. The van der Waals surface area contributed by atoms with Crippen molar-refractivity contribution in [1.29, 1.82) is 0 Å². The van der Waals surface area contributed by atoms with E-state index in [2.05, 4.69) is 13.8 Å². The van der Waals surface area contributed by atoms with Crippen molar-refractivity contribution in [2.45, 2.75) is 224 Å². The Morgan fingerprint density at radius 2 is 0.940 bits per heavy atom. The average molecular weight is 717 g/mol. The minimum Gasteiger partial charge on any atom is -0.462 e. The van der Waals surface area contributed by atoms with Crippen LogP contribution in [0.2, 0.25) is 0 Å². The molecule has 50 heavy (non-hydrogen) atoms. The summed E-state index contributed by atoms with van der Waals surface area (Å²) in [7, 11) is 0. The molecule has 0 aromatic carbocycles. The summed E-state index contributed by atoms with van der Waals surface area (Å²) in [5, 5.41) is 39.9. The topological polar surface area (TPSA) is 152 Å². The molecule has 1 saturated heterocycles. The summed E-state index contributed by atoms with van der Waals surface area (Å²) >= 11 is 0. The van der Waals surface area contributed by atoms with Gasteiger partial charge in [0.1, 0.15) is 31.0 Å². The van der Waals surface area contributed by atoms with Crippen LogP contribution in [-0.2, 0) is 28.5 Å². The van der Waals surface area contributed by atoms with Crippen LogP contribution in [0, 0.1) is 0 Å². The summed E-state index contributed by atoms with van der Waals surface area (Å²) in [6.07, 6.45) is 22.6. The minimum absolute atomic E-state index is 0.210. The summed E-state index contributed by atoms with van der Waals surface area (Å²) < 4.78 is 22.1. The zero-order valence-corrected chi connectivity index (χ0v) is 31.9. The third kappa shape index (κ3) is 24.0. The standard InChI is InChI=1S/C40H76O10/c1-3-5-7-9-11-13-15-16-17-18-19-21-23-25-27-29-36(43)49-33(32-48-40-39(46)38(45)37(44)34(30-41)50-40)31-47-35(42)28-26-24-22-20-14-12-10-8-6-4-2/h33-34,37-41,44-46H,3-32H2,1-2H3/t33-,34-,37+,38+,39-,40-/m1/s1. The number of hydrogen-bond acceptors (Lipinski definition) is 10. The van der Waals surface area contributed by atoms with Crippen molar-refractivity contribution in [3.8, 4) is 0 Å². The highest BCUT2D eigenvalue weighted by Crippen LogP contribution is 2.23. The van der Waals surface area contributed by atoms with Gasteiger partial charge in [-0.2, -0.15) is 0 Å². The van der Waals surface area contributed by atoms with Crippen LogP contribution in [-0.4, -0.2) is 89.0 Å². The third-order valence-electron chi connectivity index (χ3n) is 9.74. The van der Waals surface area contributed by atoms with Crippen LogP contribution in [0.4, 0.5) is 0 Å². The number of aliphatic hydroxyl groups excluding tert-OH is 4. The van der Waals surface area contributed by atoms with Crippen LogP contribution in [0.25, 0.3) is 0 Å². The molecule has 10 heteroatoms. The van der Waals surface area contributed by atoms with Gasteiger partial charge in [0.2, 0.25) is 0 Å². The minimum atomic E-state index is -1.59. The van der Waals surface area contributed by atoms with Gasteiger partial charge in [0.05, 0.1) is 13.2 Å². The third-order valence-corrected chi connectivity index (χ3v) is 9.74.